The molecule has 5 heteroatoms. The predicted molar refractivity (Wildman–Crippen MR) is 108 cm³/mol. The van der Waals surface area contributed by atoms with Crippen LogP contribution >= 0.6 is 12.4 Å². The SMILES string of the molecule is CC(C(=O)NCc1ccccc1)N1C[C@@H](CN)[C@H](c2ccccc2)C1.Cl. The van der Waals surface area contributed by atoms with Gasteiger partial charge < -0.3 is 11.1 Å². The van der Waals surface area contributed by atoms with Gasteiger partial charge in [0.2, 0.25) is 5.91 Å². The molecular formula is C21H28ClN3O. The fraction of sp³-hybridized carbons (Fsp3) is 0.381. The maximum Gasteiger partial charge on any atom is 0.237 e. The first-order valence-corrected chi connectivity index (χ1v) is 8.99. The van der Waals surface area contributed by atoms with Crippen molar-refractivity contribution in [2.45, 2.75) is 25.4 Å². The monoisotopic (exact) mass is 373 g/mol. The van der Waals surface area contributed by atoms with E-state index in [1.54, 1.807) is 0 Å². The summed E-state index contributed by atoms with van der Waals surface area (Å²) < 4.78 is 0. The standard InChI is InChI=1S/C21H27N3O.ClH/c1-16(21(25)23-13-17-8-4-2-5-9-17)24-14-19(12-22)20(15-24)18-10-6-3-7-11-18;/h2-11,16,19-20H,12-15,22H2,1H3,(H,23,25);1H/t16?,19-,20+;/m1./s1. The molecule has 3 atom stereocenters. The Hall–Kier alpha value is -1.88. The van der Waals surface area contributed by atoms with E-state index in [0.717, 1.165) is 18.7 Å². The lowest BCUT2D eigenvalue weighted by Crippen LogP contribution is -2.44. The fourth-order valence-corrected chi connectivity index (χ4v) is 3.64. The van der Waals surface area contributed by atoms with E-state index in [0.29, 0.717) is 24.9 Å². The molecule has 0 aliphatic carbocycles. The van der Waals surface area contributed by atoms with Crippen molar-refractivity contribution >= 4 is 18.3 Å². The van der Waals surface area contributed by atoms with Crippen molar-refractivity contribution in [3.8, 4) is 0 Å². The Labute approximate surface area is 162 Å². The fourth-order valence-electron chi connectivity index (χ4n) is 3.64. The molecule has 1 amide bonds. The van der Waals surface area contributed by atoms with E-state index < -0.39 is 0 Å². The van der Waals surface area contributed by atoms with Crippen molar-refractivity contribution in [1.29, 1.82) is 0 Å². The number of nitrogens with two attached hydrogens (primary N) is 1. The van der Waals surface area contributed by atoms with Crippen LogP contribution in [0.25, 0.3) is 0 Å². The second-order valence-corrected chi connectivity index (χ2v) is 6.85. The number of carbonyl (C=O) groups is 1. The van der Waals surface area contributed by atoms with Crippen LogP contribution in [-0.2, 0) is 11.3 Å². The number of carbonyl (C=O) groups excluding carboxylic acids is 1. The number of halogens is 1. The summed E-state index contributed by atoms with van der Waals surface area (Å²) in [6.45, 7) is 4.96. The van der Waals surface area contributed by atoms with Gasteiger partial charge in [-0.25, -0.2) is 0 Å². The maximum atomic E-state index is 12.6. The minimum Gasteiger partial charge on any atom is -0.351 e. The summed E-state index contributed by atoms with van der Waals surface area (Å²) in [6.07, 6.45) is 0. The van der Waals surface area contributed by atoms with Gasteiger partial charge in [0.1, 0.15) is 0 Å². The van der Waals surface area contributed by atoms with Gasteiger partial charge in [0, 0.05) is 25.6 Å². The Bertz CT molecular complexity index is 680. The number of nitrogens with zero attached hydrogens (tertiary/aromatic N) is 1. The number of hydrogen-bond acceptors (Lipinski definition) is 3. The second-order valence-electron chi connectivity index (χ2n) is 6.85. The number of amides is 1. The van der Waals surface area contributed by atoms with E-state index in [-0.39, 0.29) is 24.4 Å². The molecule has 0 spiro atoms. The van der Waals surface area contributed by atoms with Gasteiger partial charge in [0.15, 0.2) is 0 Å². The molecular weight excluding hydrogens is 346 g/mol. The molecule has 2 aromatic carbocycles. The molecule has 0 aromatic heterocycles. The van der Waals surface area contributed by atoms with E-state index in [9.17, 15) is 4.79 Å². The van der Waals surface area contributed by atoms with Crippen molar-refractivity contribution in [3.63, 3.8) is 0 Å². The number of likely N-dealkylation sites (tertiary alicyclic amines) is 1. The minimum absolute atomic E-state index is 0. The maximum absolute atomic E-state index is 12.6. The molecule has 1 heterocycles. The van der Waals surface area contributed by atoms with Crippen LogP contribution in [0.4, 0.5) is 0 Å². The predicted octanol–water partition coefficient (Wildman–Crippen LogP) is 2.79. The van der Waals surface area contributed by atoms with Gasteiger partial charge in [0.05, 0.1) is 6.04 Å². The van der Waals surface area contributed by atoms with Crippen LogP contribution < -0.4 is 11.1 Å². The summed E-state index contributed by atoms with van der Waals surface area (Å²) in [5.74, 6) is 0.871. The molecule has 1 fully saturated rings. The highest BCUT2D eigenvalue weighted by Crippen LogP contribution is 2.33. The zero-order chi connectivity index (χ0) is 17.6. The Balaban J connectivity index is 0.00000243. The third kappa shape index (κ3) is 4.85. The average Bonchev–Trinajstić information content (AvgIpc) is 3.11. The van der Waals surface area contributed by atoms with Crippen LogP contribution in [-0.4, -0.2) is 36.5 Å². The molecule has 0 bridgehead atoms. The second kappa shape index (κ2) is 9.72. The summed E-state index contributed by atoms with van der Waals surface area (Å²) in [4.78, 5) is 14.8. The van der Waals surface area contributed by atoms with Gasteiger partial charge in [-0.2, -0.15) is 0 Å². The van der Waals surface area contributed by atoms with E-state index in [1.165, 1.54) is 5.56 Å². The number of nitrogens with one attached hydrogen (secondary N) is 1. The van der Waals surface area contributed by atoms with Gasteiger partial charge in [-0.3, -0.25) is 9.69 Å². The Morgan fingerprint density at radius 3 is 2.35 bits per heavy atom. The number of benzene rings is 2. The molecule has 26 heavy (non-hydrogen) atoms. The molecule has 0 radical (unpaired) electrons. The van der Waals surface area contributed by atoms with Crippen molar-refractivity contribution in [2.24, 2.45) is 11.7 Å². The van der Waals surface area contributed by atoms with Gasteiger partial charge >= 0.3 is 0 Å². The van der Waals surface area contributed by atoms with Crippen molar-refractivity contribution in [2.75, 3.05) is 19.6 Å². The molecule has 1 aliphatic heterocycles. The molecule has 3 N–H and O–H groups in total. The van der Waals surface area contributed by atoms with Gasteiger partial charge in [-0.1, -0.05) is 60.7 Å². The van der Waals surface area contributed by atoms with E-state index in [4.69, 9.17) is 5.73 Å². The summed E-state index contributed by atoms with van der Waals surface area (Å²) in [6, 6.07) is 20.4. The summed E-state index contributed by atoms with van der Waals surface area (Å²) in [5, 5.41) is 3.05. The van der Waals surface area contributed by atoms with Crippen LogP contribution in [0.1, 0.15) is 24.0 Å². The van der Waals surface area contributed by atoms with E-state index in [2.05, 4.69) is 34.5 Å². The molecule has 1 aliphatic rings. The molecule has 1 unspecified atom stereocenters. The Morgan fingerprint density at radius 1 is 1.12 bits per heavy atom. The average molecular weight is 374 g/mol. The van der Waals surface area contributed by atoms with E-state index in [1.807, 2.05) is 43.3 Å². The van der Waals surface area contributed by atoms with E-state index >= 15 is 0 Å². The summed E-state index contributed by atoms with van der Waals surface area (Å²) >= 11 is 0. The van der Waals surface area contributed by atoms with Crippen LogP contribution in [0.2, 0.25) is 0 Å². The summed E-state index contributed by atoms with van der Waals surface area (Å²) in [5.41, 5.74) is 8.44. The first-order valence-electron chi connectivity index (χ1n) is 8.99. The van der Waals surface area contributed by atoms with Gasteiger partial charge in [-0.05, 0) is 30.5 Å². The number of hydrogen-bond donors (Lipinski definition) is 2. The van der Waals surface area contributed by atoms with Crippen LogP contribution in [0.3, 0.4) is 0 Å². The normalized spacial score (nSPS) is 21.0. The quantitative estimate of drug-likeness (QED) is 0.818. The van der Waals surface area contributed by atoms with Crippen LogP contribution in [0.15, 0.2) is 60.7 Å². The Kier molecular flexibility index (Phi) is 7.64. The lowest BCUT2D eigenvalue weighted by Gasteiger charge is -2.23. The lowest BCUT2D eigenvalue weighted by molar-refractivity contribution is -0.125. The molecule has 3 rings (SSSR count). The zero-order valence-corrected chi connectivity index (χ0v) is 16.0. The highest BCUT2D eigenvalue weighted by molar-refractivity contribution is 5.85. The highest BCUT2D eigenvalue weighted by atomic mass is 35.5. The third-order valence-electron chi connectivity index (χ3n) is 5.24. The van der Waals surface area contributed by atoms with Crippen LogP contribution in [0.5, 0.6) is 0 Å². The van der Waals surface area contributed by atoms with Crippen molar-refractivity contribution < 1.29 is 4.79 Å². The molecule has 4 nitrogen and oxygen atoms in total. The summed E-state index contributed by atoms with van der Waals surface area (Å²) in [7, 11) is 0. The lowest BCUT2D eigenvalue weighted by atomic mass is 9.89. The van der Waals surface area contributed by atoms with Gasteiger partial charge in [-0.15, -0.1) is 12.4 Å². The van der Waals surface area contributed by atoms with Gasteiger partial charge in [0.25, 0.3) is 0 Å². The molecule has 1 saturated heterocycles. The van der Waals surface area contributed by atoms with Crippen LogP contribution in [0, 0.1) is 5.92 Å². The Morgan fingerprint density at radius 2 is 1.73 bits per heavy atom. The first kappa shape index (κ1) is 20.4. The topological polar surface area (TPSA) is 58.4 Å². The first-order chi connectivity index (χ1) is 12.2. The molecule has 0 saturated carbocycles. The highest BCUT2D eigenvalue weighted by Gasteiger charge is 2.36. The largest absolute Gasteiger partial charge is 0.351 e. The zero-order valence-electron chi connectivity index (χ0n) is 15.2. The molecule has 2 aromatic rings. The number of rotatable bonds is 6. The third-order valence-corrected chi connectivity index (χ3v) is 5.24. The van der Waals surface area contributed by atoms with Crippen molar-refractivity contribution in [1.82, 2.24) is 10.2 Å². The minimum atomic E-state index is -0.147. The van der Waals surface area contributed by atoms with Crippen molar-refractivity contribution in [3.05, 3.63) is 71.8 Å². The smallest absolute Gasteiger partial charge is 0.237 e. The molecule has 140 valence electrons.